The van der Waals surface area contributed by atoms with Gasteiger partial charge in [0, 0.05) is 45.5 Å². The van der Waals surface area contributed by atoms with Crippen molar-refractivity contribution in [3.8, 4) is 0 Å². The Morgan fingerprint density at radius 3 is 2.60 bits per heavy atom. The highest BCUT2D eigenvalue weighted by atomic mass is 32.1. The fourth-order valence-electron chi connectivity index (χ4n) is 2.99. The van der Waals surface area contributed by atoms with E-state index < -0.39 is 5.56 Å². The maximum atomic E-state index is 12.7. The number of fused-ring (bicyclic) bond motifs is 1. The van der Waals surface area contributed by atoms with E-state index in [1.807, 2.05) is 7.05 Å². The molecule has 0 saturated carbocycles. The number of anilines is 1. The van der Waals surface area contributed by atoms with Gasteiger partial charge in [-0.2, -0.15) is 4.52 Å². The second kappa shape index (κ2) is 6.70. The maximum Gasteiger partial charge on any atom is 0.288 e. The molecule has 134 valence electrons. The lowest BCUT2D eigenvalue weighted by molar-refractivity contribution is 0.0661. The standard InChI is InChI=1S/C15H20N6O3S/c1-18-2-4-19(5-3-18)12(22)11-10-16-14-21(13(11)23)17-15(25-14)20-6-8-24-9-7-20/h10H,2-9H2,1H3. The third-order valence-electron chi connectivity index (χ3n) is 4.58. The average molecular weight is 364 g/mol. The van der Waals surface area contributed by atoms with E-state index in [1.165, 1.54) is 22.0 Å². The van der Waals surface area contributed by atoms with Gasteiger partial charge in [-0.25, -0.2) is 4.98 Å². The average Bonchev–Trinajstić information content (AvgIpc) is 3.08. The Hall–Kier alpha value is -2.04. The predicted octanol–water partition coefficient (Wildman–Crippen LogP) is -0.625. The summed E-state index contributed by atoms with van der Waals surface area (Å²) in [6.07, 6.45) is 1.39. The number of carbonyl (C=O) groups excluding carboxylic acids is 1. The minimum atomic E-state index is -0.398. The van der Waals surface area contributed by atoms with Crippen molar-refractivity contribution in [3.05, 3.63) is 22.1 Å². The molecule has 9 nitrogen and oxygen atoms in total. The Bertz CT molecular complexity index is 835. The molecule has 2 aliphatic rings. The van der Waals surface area contributed by atoms with Crippen LogP contribution in [0.1, 0.15) is 10.4 Å². The van der Waals surface area contributed by atoms with Crippen molar-refractivity contribution in [2.45, 2.75) is 0 Å². The molecule has 0 bridgehead atoms. The van der Waals surface area contributed by atoms with Crippen LogP contribution in [0.15, 0.2) is 11.0 Å². The quantitative estimate of drug-likeness (QED) is 0.702. The van der Waals surface area contributed by atoms with Gasteiger partial charge in [-0.15, -0.1) is 5.10 Å². The summed E-state index contributed by atoms with van der Waals surface area (Å²) in [5.74, 6) is -0.263. The third-order valence-corrected chi connectivity index (χ3v) is 5.56. The Morgan fingerprint density at radius 1 is 1.16 bits per heavy atom. The van der Waals surface area contributed by atoms with E-state index in [1.54, 1.807) is 4.90 Å². The van der Waals surface area contributed by atoms with Gasteiger partial charge in [0.1, 0.15) is 5.56 Å². The molecule has 0 aliphatic carbocycles. The molecule has 4 heterocycles. The van der Waals surface area contributed by atoms with Crippen molar-refractivity contribution in [2.75, 3.05) is 64.4 Å². The van der Waals surface area contributed by atoms with E-state index in [2.05, 4.69) is 19.9 Å². The van der Waals surface area contributed by atoms with Crippen LogP contribution in [0.4, 0.5) is 5.13 Å². The fourth-order valence-corrected chi connectivity index (χ4v) is 3.90. The number of hydrogen-bond acceptors (Lipinski definition) is 8. The number of likely N-dealkylation sites (N-methyl/N-ethyl adjacent to an activating group) is 1. The van der Waals surface area contributed by atoms with Crippen molar-refractivity contribution in [1.29, 1.82) is 0 Å². The summed E-state index contributed by atoms with van der Waals surface area (Å²) < 4.78 is 6.59. The highest BCUT2D eigenvalue weighted by molar-refractivity contribution is 7.20. The number of piperazine rings is 1. The van der Waals surface area contributed by atoms with Crippen LogP contribution in [0.5, 0.6) is 0 Å². The first kappa shape index (κ1) is 16.4. The predicted molar refractivity (Wildman–Crippen MR) is 93.6 cm³/mol. The Morgan fingerprint density at radius 2 is 1.88 bits per heavy atom. The molecule has 4 rings (SSSR count). The summed E-state index contributed by atoms with van der Waals surface area (Å²) in [4.78, 5) is 36.2. The molecular formula is C15H20N6O3S. The van der Waals surface area contributed by atoms with Crippen LogP contribution in [-0.4, -0.2) is 89.8 Å². The monoisotopic (exact) mass is 364 g/mol. The van der Waals surface area contributed by atoms with E-state index >= 15 is 0 Å². The Labute approximate surface area is 148 Å². The van der Waals surface area contributed by atoms with Crippen molar-refractivity contribution >= 4 is 27.3 Å². The number of ether oxygens (including phenoxy) is 1. The van der Waals surface area contributed by atoms with Crippen LogP contribution in [-0.2, 0) is 4.74 Å². The zero-order chi connectivity index (χ0) is 17.4. The number of aromatic nitrogens is 3. The molecule has 2 aromatic rings. The number of hydrogen-bond donors (Lipinski definition) is 0. The van der Waals surface area contributed by atoms with E-state index in [0.717, 1.165) is 31.3 Å². The minimum Gasteiger partial charge on any atom is -0.378 e. The molecule has 2 aliphatic heterocycles. The Balaban J connectivity index is 1.63. The molecule has 2 saturated heterocycles. The third kappa shape index (κ3) is 3.12. The van der Waals surface area contributed by atoms with Gasteiger partial charge in [0.05, 0.1) is 13.2 Å². The molecule has 2 fully saturated rings. The second-order valence-electron chi connectivity index (χ2n) is 6.25. The van der Waals surface area contributed by atoms with Crippen molar-refractivity contribution < 1.29 is 9.53 Å². The molecule has 10 heteroatoms. The summed E-state index contributed by atoms with van der Waals surface area (Å²) >= 11 is 1.35. The molecule has 25 heavy (non-hydrogen) atoms. The summed E-state index contributed by atoms with van der Waals surface area (Å²) in [5, 5.41) is 5.12. The summed E-state index contributed by atoms with van der Waals surface area (Å²) in [6, 6.07) is 0. The molecule has 2 aromatic heterocycles. The number of morpholine rings is 1. The topological polar surface area (TPSA) is 83.3 Å². The fraction of sp³-hybridized carbons (Fsp3) is 0.600. The maximum absolute atomic E-state index is 12.7. The van der Waals surface area contributed by atoms with Crippen molar-refractivity contribution in [2.24, 2.45) is 0 Å². The molecule has 0 N–H and O–H groups in total. The lowest BCUT2D eigenvalue weighted by Crippen LogP contribution is -2.48. The molecule has 0 atom stereocenters. The molecule has 0 radical (unpaired) electrons. The summed E-state index contributed by atoms with van der Waals surface area (Å²) in [5.41, 5.74) is -0.314. The number of nitrogens with zero attached hydrogens (tertiary/aromatic N) is 6. The van der Waals surface area contributed by atoms with Gasteiger partial charge in [-0.05, 0) is 7.05 Å². The van der Waals surface area contributed by atoms with Gasteiger partial charge >= 0.3 is 0 Å². The normalized spacial score (nSPS) is 19.6. The highest BCUT2D eigenvalue weighted by Crippen LogP contribution is 2.22. The van der Waals surface area contributed by atoms with Crippen molar-refractivity contribution in [1.82, 2.24) is 24.4 Å². The Kier molecular flexibility index (Phi) is 4.40. The largest absolute Gasteiger partial charge is 0.378 e. The summed E-state index contributed by atoms with van der Waals surface area (Å²) in [7, 11) is 2.02. The van der Waals surface area contributed by atoms with Gasteiger partial charge in [0.25, 0.3) is 11.5 Å². The van der Waals surface area contributed by atoms with Gasteiger partial charge in [0.2, 0.25) is 10.1 Å². The van der Waals surface area contributed by atoms with Gasteiger partial charge in [-0.1, -0.05) is 11.3 Å². The van der Waals surface area contributed by atoms with Gasteiger partial charge in [-0.3, -0.25) is 9.59 Å². The first-order valence-electron chi connectivity index (χ1n) is 8.33. The first-order chi connectivity index (χ1) is 12.1. The molecular weight excluding hydrogens is 344 g/mol. The van der Waals surface area contributed by atoms with E-state index in [4.69, 9.17) is 4.74 Å². The van der Waals surface area contributed by atoms with E-state index in [9.17, 15) is 9.59 Å². The van der Waals surface area contributed by atoms with Crippen LogP contribution < -0.4 is 10.5 Å². The zero-order valence-corrected chi connectivity index (χ0v) is 14.9. The molecule has 0 spiro atoms. The van der Waals surface area contributed by atoms with Crippen LogP contribution in [0.25, 0.3) is 4.96 Å². The SMILES string of the molecule is CN1CCN(C(=O)c2cnc3sc(N4CCOCC4)nn3c2=O)CC1. The van der Waals surface area contributed by atoms with Crippen LogP contribution in [0, 0.1) is 0 Å². The smallest absolute Gasteiger partial charge is 0.288 e. The summed E-state index contributed by atoms with van der Waals surface area (Å²) in [6.45, 7) is 5.61. The highest BCUT2D eigenvalue weighted by Gasteiger charge is 2.25. The molecule has 0 aromatic carbocycles. The van der Waals surface area contributed by atoms with Crippen LogP contribution in [0.3, 0.4) is 0 Å². The number of amides is 1. The van der Waals surface area contributed by atoms with Crippen molar-refractivity contribution in [3.63, 3.8) is 0 Å². The molecule has 1 amide bonds. The zero-order valence-electron chi connectivity index (χ0n) is 14.1. The van der Waals surface area contributed by atoms with Gasteiger partial charge in [0.15, 0.2) is 0 Å². The first-order valence-corrected chi connectivity index (χ1v) is 9.14. The number of carbonyl (C=O) groups is 1. The molecule has 0 unspecified atom stereocenters. The van der Waals surface area contributed by atoms with Crippen LogP contribution in [0.2, 0.25) is 0 Å². The van der Waals surface area contributed by atoms with Crippen LogP contribution >= 0.6 is 11.3 Å². The van der Waals surface area contributed by atoms with E-state index in [0.29, 0.717) is 31.3 Å². The lowest BCUT2D eigenvalue weighted by atomic mass is 10.2. The van der Waals surface area contributed by atoms with Gasteiger partial charge < -0.3 is 19.4 Å². The number of rotatable bonds is 2. The van der Waals surface area contributed by atoms with E-state index in [-0.39, 0.29) is 11.5 Å². The second-order valence-corrected chi connectivity index (χ2v) is 7.19. The minimum absolute atomic E-state index is 0.0841. The lowest BCUT2D eigenvalue weighted by Gasteiger charge is -2.32.